The van der Waals surface area contributed by atoms with Crippen molar-refractivity contribution in [2.24, 2.45) is 5.41 Å². The lowest BCUT2D eigenvalue weighted by Crippen LogP contribution is -2.39. The van der Waals surface area contributed by atoms with Crippen LogP contribution in [0.2, 0.25) is 0 Å². The molecule has 108 valence electrons. The molecule has 2 rings (SSSR count). The van der Waals surface area contributed by atoms with E-state index in [4.69, 9.17) is 11.0 Å². The van der Waals surface area contributed by atoms with Gasteiger partial charge in [0.05, 0.1) is 12.5 Å². The molecule has 0 radical (unpaired) electrons. The molecule has 1 aromatic rings. The van der Waals surface area contributed by atoms with Crippen LogP contribution < -0.4 is 10.6 Å². The molecule has 1 aliphatic heterocycles. The maximum Gasteiger partial charge on any atom is 0.0670 e. The van der Waals surface area contributed by atoms with E-state index in [0.29, 0.717) is 11.8 Å². The molecule has 1 heterocycles. The number of anilines is 2. The first-order valence-electron chi connectivity index (χ1n) is 7.64. The second kappa shape index (κ2) is 6.17. The molecule has 2 N–H and O–H groups in total. The molecule has 3 nitrogen and oxygen atoms in total. The molecular weight excluding hydrogens is 246 g/mol. The molecule has 1 aliphatic rings. The summed E-state index contributed by atoms with van der Waals surface area (Å²) in [5, 5.41) is 8.86. The van der Waals surface area contributed by atoms with Crippen molar-refractivity contribution < 1.29 is 0 Å². The van der Waals surface area contributed by atoms with Crippen LogP contribution in [0.3, 0.4) is 0 Å². The van der Waals surface area contributed by atoms with Crippen LogP contribution in [0.25, 0.3) is 0 Å². The lowest BCUT2D eigenvalue weighted by Gasteiger charge is -2.42. The highest BCUT2D eigenvalue weighted by Gasteiger charge is 2.31. The lowest BCUT2D eigenvalue weighted by atomic mass is 9.74. The van der Waals surface area contributed by atoms with Crippen molar-refractivity contribution in [3.05, 3.63) is 23.8 Å². The minimum Gasteiger partial charge on any atom is -0.398 e. The van der Waals surface area contributed by atoms with Gasteiger partial charge < -0.3 is 10.6 Å². The average molecular weight is 271 g/mol. The number of hydrogen-bond donors (Lipinski definition) is 1. The van der Waals surface area contributed by atoms with E-state index in [-0.39, 0.29) is 0 Å². The van der Waals surface area contributed by atoms with Gasteiger partial charge in [-0.25, -0.2) is 0 Å². The lowest BCUT2D eigenvalue weighted by molar-refractivity contribution is 0.199. The van der Waals surface area contributed by atoms with Crippen LogP contribution in [0.5, 0.6) is 0 Å². The zero-order valence-corrected chi connectivity index (χ0v) is 12.7. The first kappa shape index (κ1) is 14.7. The predicted octanol–water partition coefficient (Wildman–Crippen LogP) is 3.74. The molecule has 0 amide bonds. The Balaban J connectivity index is 2.11. The fraction of sp³-hybridized carbons (Fsp3) is 0.588. The number of nitrogens with two attached hydrogens (primary N) is 1. The third-order valence-corrected chi connectivity index (χ3v) is 5.09. The summed E-state index contributed by atoms with van der Waals surface area (Å²) in [6.45, 7) is 6.84. The molecular formula is C17H25N3. The van der Waals surface area contributed by atoms with Crippen molar-refractivity contribution in [2.45, 2.75) is 46.0 Å². The number of hydrogen-bond acceptors (Lipinski definition) is 3. The summed E-state index contributed by atoms with van der Waals surface area (Å²) in [5.74, 6) is 0. The summed E-state index contributed by atoms with van der Waals surface area (Å²) in [6.07, 6.45) is 5.47. The highest BCUT2D eigenvalue weighted by atomic mass is 15.1. The summed E-state index contributed by atoms with van der Waals surface area (Å²) in [7, 11) is 0. The Kier molecular flexibility index (Phi) is 4.54. The van der Waals surface area contributed by atoms with Gasteiger partial charge in [-0.2, -0.15) is 5.26 Å². The summed E-state index contributed by atoms with van der Waals surface area (Å²) < 4.78 is 0. The van der Waals surface area contributed by atoms with Crippen molar-refractivity contribution in [3.8, 4) is 6.07 Å². The maximum absolute atomic E-state index is 8.86. The van der Waals surface area contributed by atoms with Crippen LogP contribution in [0, 0.1) is 16.7 Å². The monoisotopic (exact) mass is 271 g/mol. The van der Waals surface area contributed by atoms with Crippen LogP contribution in [0.4, 0.5) is 11.4 Å². The molecule has 0 aliphatic carbocycles. The topological polar surface area (TPSA) is 53.0 Å². The Morgan fingerprint density at radius 2 is 1.90 bits per heavy atom. The molecule has 20 heavy (non-hydrogen) atoms. The second-order valence-electron chi connectivity index (χ2n) is 5.91. The van der Waals surface area contributed by atoms with Gasteiger partial charge in [0.1, 0.15) is 0 Å². The molecule has 0 unspecified atom stereocenters. The standard InChI is InChI=1S/C17H25N3/c1-3-17(4-2)8-11-20(12-9-17)15-5-6-16(19)14(13-15)7-10-18/h5-6,13H,3-4,7-9,11-12,19H2,1-2H3. The third kappa shape index (κ3) is 2.90. The Labute approximate surface area is 122 Å². The van der Waals surface area contributed by atoms with Crippen molar-refractivity contribution in [3.63, 3.8) is 0 Å². The number of nitrogens with zero attached hydrogens (tertiary/aromatic N) is 2. The number of benzene rings is 1. The number of rotatable bonds is 4. The minimum atomic E-state index is 0.390. The molecule has 1 saturated heterocycles. The van der Waals surface area contributed by atoms with Crippen LogP contribution in [-0.4, -0.2) is 13.1 Å². The Morgan fingerprint density at radius 1 is 1.25 bits per heavy atom. The van der Waals surface area contributed by atoms with E-state index in [2.05, 4.69) is 36.9 Å². The fourth-order valence-electron chi connectivity index (χ4n) is 3.22. The first-order chi connectivity index (χ1) is 9.64. The van der Waals surface area contributed by atoms with Crippen molar-refractivity contribution >= 4 is 11.4 Å². The highest BCUT2D eigenvalue weighted by molar-refractivity contribution is 5.59. The number of nitriles is 1. The zero-order chi connectivity index (χ0) is 14.6. The van der Waals surface area contributed by atoms with Gasteiger partial charge in [0.2, 0.25) is 0 Å². The fourth-order valence-corrected chi connectivity index (χ4v) is 3.22. The van der Waals surface area contributed by atoms with Gasteiger partial charge >= 0.3 is 0 Å². The summed E-state index contributed by atoms with van der Waals surface area (Å²) in [6, 6.07) is 8.29. The van der Waals surface area contributed by atoms with E-state index in [1.165, 1.54) is 31.4 Å². The Morgan fingerprint density at radius 3 is 2.45 bits per heavy atom. The van der Waals surface area contributed by atoms with Gasteiger partial charge in [-0.15, -0.1) is 0 Å². The van der Waals surface area contributed by atoms with Crippen molar-refractivity contribution in [1.29, 1.82) is 5.26 Å². The highest BCUT2D eigenvalue weighted by Crippen LogP contribution is 2.39. The molecule has 0 aromatic heterocycles. The van der Waals surface area contributed by atoms with E-state index in [9.17, 15) is 0 Å². The number of piperidine rings is 1. The van der Waals surface area contributed by atoms with E-state index >= 15 is 0 Å². The quantitative estimate of drug-likeness (QED) is 0.849. The minimum absolute atomic E-state index is 0.390. The van der Waals surface area contributed by atoms with Crippen molar-refractivity contribution in [1.82, 2.24) is 0 Å². The first-order valence-corrected chi connectivity index (χ1v) is 7.64. The molecule has 1 fully saturated rings. The van der Waals surface area contributed by atoms with Gasteiger partial charge in [0.15, 0.2) is 0 Å². The smallest absolute Gasteiger partial charge is 0.0670 e. The van der Waals surface area contributed by atoms with Gasteiger partial charge in [-0.05, 0) is 42.0 Å². The Hall–Kier alpha value is -1.69. The largest absolute Gasteiger partial charge is 0.398 e. The van der Waals surface area contributed by atoms with Crippen LogP contribution >= 0.6 is 0 Å². The van der Waals surface area contributed by atoms with Crippen LogP contribution in [-0.2, 0) is 6.42 Å². The molecule has 3 heteroatoms. The molecule has 1 aromatic carbocycles. The summed E-state index contributed by atoms with van der Waals surface area (Å²) >= 11 is 0. The van der Waals surface area contributed by atoms with E-state index in [1.54, 1.807) is 0 Å². The molecule has 0 atom stereocenters. The molecule has 0 saturated carbocycles. The van der Waals surface area contributed by atoms with E-state index < -0.39 is 0 Å². The SMILES string of the molecule is CCC1(CC)CCN(c2ccc(N)c(CC#N)c2)CC1. The summed E-state index contributed by atoms with van der Waals surface area (Å²) in [5.41, 5.74) is 9.35. The molecule has 0 bridgehead atoms. The van der Waals surface area contributed by atoms with Crippen molar-refractivity contribution in [2.75, 3.05) is 23.7 Å². The second-order valence-corrected chi connectivity index (χ2v) is 5.91. The average Bonchev–Trinajstić information content (AvgIpc) is 2.50. The zero-order valence-electron chi connectivity index (χ0n) is 12.7. The third-order valence-electron chi connectivity index (χ3n) is 5.09. The number of nitrogen functional groups attached to an aromatic ring is 1. The maximum atomic E-state index is 8.86. The summed E-state index contributed by atoms with van der Waals surface area (Å²) in [4.78, 5) is 2.43. The van der Waals surface area contributed by atoms with E-state index in [0.717, 1.165) is 24.3 Å². The van der Waals surface area contributed by atoms with Gasteiger partial charge in [-0.1, -0.05) is 26.7 Å². The molecule has 0 spiro atoms. The van der Waals surface area contributed by atoms with Gasteiger partial charge in [-0.3, -0.25) is 0 Å². The van der Waals surface area contributed by atoms with Crippen LogP contribution in [0.1, 0.15) is 45.1 Å². The van der Waals surface area contributed by atoms with Gasteiger partial charge in [0.25, 0.3) is 0 Å². The predicted molar refractivity (Wildman–Crippen MR) is 84.6 cm³/mol. The van der Waals surface area contributed by atoms with E-state index in [1.807, 2.05) is 6.07 Å². The van der Waals surface area contributed by atoms with Gasteiger partial charge in [0, 0.05) is 24.5 Å². The normalized spacial score (nSPS) is 17.8. The van der Waals surface area contributed by atoms with Crippen LogP contribution in [0.15, 0.2) is 18.2 Å². The Bertz CT molecular complexity index is 487.